The van der Waals surface area contributed by atoms with E-state index in [4.69, 9.17) is 14.7 Å². The molecule has 1 saturated carbocycles. The molecule has 4 nitrogen and oxygen atoms in total. The van der Waals surface area contributed by atoms with Crippen molar-refractivity contribution in [2.24, 2.45) is 5.92 Å². The highest BCUT2D eigenvalue weighted by Gasteiger charge is 2.40. The van der Waals surface area contributed by atoms with Crippen molar-refractivity contribution in [2.45, 2.75) is 64.4 Å². The van der Waals surface area contributed by atoms with E-state index in [1.54, 1.807) is 7.11 Å². The molecule has 2 rings (SSSR count). The first-order valence-electron chi connectivity index (χ1n) is 7.94. The number of nitrogens with zero attached hydrogens (tertiary/aromatic N) is 2. The maximum Gasteiger partial charge on any atom is 0.162 e. The number of nitrogens with one attached hydrogen (secondary N) is 1. The fraction of sp³-hybridized carbons (Fsp3) is 0.765. The highest BCUT2D eigenvalue weighted by Crippen LogP contribution is 2.41. The molecule has 0 bridgehead atoms. The van der Waals surface area contributed by atoms with Crippen LogP contribution < -0.4 is 5.32 Å². The number of rotatable bonds is 3. The predicted molar refractivity (Wildman–Crippen MR) is 86.6 cm³/mol. The molecule has 2 unspecified atom stereocenters. The van der Waals surface area contributed by atoms with Crippen molar-refractivity contribution >= 4 is 5.82 Å². The molecule has 2 atom stereocenters. The van der Waals surface area contributed by atoms with Crippen molar-refractivity contribution < 1.29 is 4.74 Å². The van der Waals surface area contributed by atoms with Crippen LogP contribution in [0, 0.1) is 5.92 Å². The average Bonchev–Trinajstić information content (AvgIpc) is 2.45. The van der Waals surface area contributed by atoms with E-state index in [9.17, 15) is 0 Å². The number of methoxy groups -OCH3 is 1. The van der Waals surface area contributed by atoms with E-state index in [2.05, 4.69) is 33.0 Å². The number of hydrogen-bond donors (Lipinski definition) is 1. The van der Waals surface area contributed by atoms with Gasteiger partial charge < -0.3 is 10.1 Å². The second-order valence-corrected chi connectivity index (χ2v) is 7.36. The first-order valence-corrected chi connectivity index (χ1v) is 7.94. The van der Waals surface area contributed by atoms with Gasteiger partial charge in [0.25, 0.3) is 0 Å². The van der Waals surface area contributed by atoms with Gasteiger partial charge in [0.2, 0.25) is 0 Å². The molecule has 118 valence electrons. The van der Waals surface area contributed by atoms with E-state index in [1.165, 1.54) is 12.8 Å². The lowest BCUT2D eigenvalue weighted by Gasteiger charge is -2.38. The summed E-state index contributed by atoms with van der Waals surface area (Å²) in [5.41, 5.74) is 0.731. The van der Waals surface area contributed by atoms with Gasteiger partial charge in [-0.3, -0.25) is 0 Å². The zero-order valence-corrected chi connectivity index (χ0v) is 14.3. The van der Waals surface area contributed by atoms with Crippen molar-refractivity contribution in [1.82, 2.24) is 9.97 Å². The van der Waals surface area contributed by atoms with Crippen LogP contribution in [0.2, 0.25) is 0 Å². The third-order valence-corrected chi connectivity index (χ3v) is 4.50. The molecule has 0 saturated heterocycles. The van der Waals surface area contributed by atoms with Crippen LogP contribution in [0.5, 0.6) is 0 Å². The summed E-state index contributed by atoms with van der Waals surface area (Å²) < 4.78 is 5.95. The molecule has 1 N–H and O–H groups in total. The molecule has 1 heterocycles. The summed E-state index contributed by atoms with van der Waals surface area (Å²) in [6.45, 7) is 8.84. The normalized spacial score (nSPS) is 26.7. The largest absolute Gasteiger partial charge is 0.373 e. The minimum atomic E-state index is -0.329. The van der Waals surface area contributed by atoms with Gasteiger partial charge in [-0.15, -0.1) is 0 Å². The Kier molecular flexibility index (Phi) is 4.57. The monoisotopic (exact) mass is 291 g/mol. The fourth-order valence-electron chi connectivity index (χ4n) is 3.15. The Balaban J connectivity index is 2.50. The molecule has 0 radical (unpaired) electrons. The first-order chi connectivity index (χ1) is 9.80. The SMILES string of the molecule is CNc1cc(C(C)(C)C)nc(C2(OC)CCCC(C)C2)n1. The minimum absolute atomic E-state index is 0.00148. The molecule has 0 aromatic carbocycles. The molecular formula is C17H29N3O. The zero-order valence-electron chi connectivity index (χ0n) is 14.3. The minimum Gasteiger partial charge on any atom is -0.373 e. The first kappa shape index (κ1) is 16.2. The molecule has 1 aliphatic rings. The molecule has 0 aliphatic heterocycles. The van der Waals surface area contributed by atoms with Crippen LogP contribution in [-0.2, 0) is 15.8 Å². The number of anilines is 1. The number of hydrogen-bond acceptors (Lipinski definition) is 4. The molecule has 4 heteroatoms. The van der Waals surface area contributed by atoms with Crippen molar-refractivity contribution in [3.8, 4) is 0 Å². The van der Waals surface area contributed by atoms with Gasteiger partial charge in [0.1, 0.15) is 11.4 Å². The van der Waals surface area contributed by atoms with Crippen molar-refractivity contribution in [3.05, 3.63) is 17.6 Å². The van der Waals surface area contributed by atoms with Gasteiger partial charge in [-0.2, -0.15) is 0 Å². The standard InChI is InChI=1S/C17H29N3O/c1-12-8-7-9-17(11-12,21-6)15-19-13(16(2,3)4)10-14(18-5)20-15/h10,12H,7-9,11H2,1-6H3,(H,18,19,20). The number of ether oxygens (including phenoxy) is 1. The topological polar surface area (TPSA) is 47.0 Å². The van der Waals surface area contributed by atoms with Crippen LogP contribution in [0.4, 0.5) is 5.82 Å². The molecule has 1 fully saturated rings. The fourth-order valence-corrected chi connectivity index (χ4v) is 3.15. The second kappa shape index (κ2) is 5.91. The van der Waals surface area contributed by atoms with Crippen LogP contribution in [0.25, 0.3) is 0 Å². The van der Waals surface area contributed by atoms with Gasteiger partial charge in [0, 0.05) is 25.6 Å². The maximum absolute atomic E-state index is 5.95. The van der Waals surface area contributed by atoms with Gasteiger partial charge >= 0.3 is 0 Å². The summed E-state index contributed by atoms with van der Waals surface area (Å²) in [5.74, 6) is 2.37. The Labute approximate surface area is 128 Å². The third-order valence-electron chi connectivity index (χ3n) is 4.50. The van der Waals surface area contributed by atoms with Gasteiger partial charge in [0.05, 0.1) is 5.69 Å². The molecular weight excluding hydrogens is 262 g/mol. The molecule has 1 aromatic heterocycles. The van der Waals surface area contributed by atoms with E-state index in [-0.39, 0.29) is 11.0 Å². The Morgan fingerprint density at radius 2 is 2.05 bits per heavy atom. The van der Waals surface area contributed by atoms with Crippen molar-refractivity contribution in [1.29, 1.82) is 0 Å². The summed E-state index contributed by atoms with van der Waals surface area (Å²) in [5, 5.41) is 3.16. The average molecular weight is 291 g/mol. The summed E-state index contributed by atoms with van der Waals surface area (Å²) in [4.78, 5) is 9.60. The lowest BCUT2D eigenvalue weighted by Crippen LogP contribution is -2.37. The predicted octanol–water partition coefficient (Wildman–Crippen LogP) is 3.87. The van der Waals surface area contributed by atoms with Crippen LogP contribution in [0.1, 0.15) is 64.9 Å². The summed E-state index contributed by atoms with van der Waals surface area (Å²) in [6.07, 6.45) is 4.45. The molecule has 0 spiro atoms. The van der Waals surface area contributed by atoms with Gasteiger partial charge in [0.15, 0.2) is 5.82 Å². The highest BCUT2D eigenvalue weighted by atomic mass is 16.5. The Morgan fingerprint density at radius 1 is 1.33 bits per heavy atom. The summed E-state index contributed by atoms with van der Waals surface area (Å²) >= 11 is 0. The lowest BCUT2D eigenvalue weighted by atomic mass is 9.78. The molecule has 1 aromatic rings. The molecule has 21 heavy (non-hydrogen) atoms. The second-order valence-electron chi connectivity index (χ2n) is 7.36. The third kappa shape index (κ3) is 3.37. The number of aromatic nitrogens is 2. The van der Waals surface area contributed by atoms with E-state index >= 15 is 0 Å². The zero-order chi connectivity index (χ0) is 15.7. The maximum atomic E-state index is 5.95. The lowest BCUT2D eigenvalue weighted by molar-refractivity contribution is -0.0647. The van der Waals surface area contributed by atoms with Gasteiger partial charge in [-0.1, -0.05) is 34.1 Å². The van der Waals surface area contributed by atoms with Crippen molar-refractivity contribution in [3.63, 3.8) is 0 Å². The summed E-state index contributed by atoms with van der Waals surface area (Å²) in [7, 11) is 3.70. The van der Waals surface area contributed by atoms with Gasteiger partial charge in [-0.05, 0) is 25.2 Å². The van der Waals surface area contributed by atoms with Crippen LogP contribution >= 0.6 is 0 Å². The van der Waals surface area contributed by atoms with Crippen LogP contribution in [0.15, 0.2) is 6.07 Å². The van der Waals surface area contributed by atoms with E-state index in [1.807, 2.05) is 13.1 Å². The smallest absolute Gasteiger partial charge is 0.162 e. The van der Waals surface area contributed by atoms with E-state index < -0.39 is 0 Å². The Hall–Kier alpha value is -1.16. The molecule has 1 aliphatic carbocycles. The van der Waals surface area contributed by atoms with E-state index in [0.717, 1.165) is 30.2 Å². The van der Waals surface area contributed by atoms with Crippen molar-refractivity contribution in [2.75, 3.05) is 19.5 Å². The summed E-state index contributed by atoms with van der Waals surface area (Å²) in [6, 6.07) is 2.04. The Morgan fingerprint density at radius 3 is 2.57 bits per heavy atom. The van der Waals surface area contributed by atoms with Gasteiger partial charge in [-0.25, -0.2) is 9.97 Å². The molecule has 0 amide bonds. The van der Waals surface area contributed by atoms with Crippen LogP contribution in [-0.4, -0.2) is 24.1 Å². The van der Waals surface area contributed by atoms with Crippen LogP contribution in [0.3, 0.4) is 0 Å². The van der Waals surface area contributed by atoms with E-state index in [0.29, 0.717) is 5.92 Å². The Bertz CT molecular complexity index is 495. The quantitative estimate of drug-likeness (QED) is 0.918. The highest BCUT2D eigenvalue weighted by molar-refractivity contribution is 5.38.